The van der Waals surface area contributed by atoms with E-state index in [2.05, 4.69) is 196 Å². The van der Waals surface area contributed by atoms with Crippen LogP contribution in [0.2, 0.25) is 0 Å². The molecular formula is C54H46N2. The molecule has 8 aromatic rings. The van der Waals surface area contributed by atoms with Gasteiger partial charge >= 0.3 is 0 Å². The molecular weight excluding hydrogens is 677 g/mol. The van der Waals surface area contributed by atoms with E-state index < -0.39 is 0 Å². The third-order valence-electron chi connectivity index (χ3n) is 13.0. The Morgan fingerprint density at radius 3 is 2.02 bits per heavy atom. The third-order valence-corrected chi connectivity index (χ3v) is 13.0. The maximum absolute atomic E-state index is 2.67. The highest BCUT2D eigenvalue weighted by molar-refractivity contribution is 6.19. The smallest absolute Gasteiger partial charge is 0.0540 e. The van der Waals surface area contributed by atoms with Crippen molar-refractivity contribution in [3.63, 3.8) is 0 Å². The zero-order valence-electron chi connectivity index (χ0n) is 32.9. The van der Waals surface area contributed by atoms with Crippen molar-refractivity contribution in [1.82, 2.24) is 0 Å². The SMILES string of the molecule is CC1(C)c2ccccc2-c2c(-c3cccc4c3N(C(C)(C)C)CCC4)cc(N(c3ccc4ccccc4c3)c3ccc4c5c(cccc35)-c3ccccc3-4)cc21. The maximum atomic E-state index is 2.67. The first-order chi connectivity index (χ1) is 27.2. The summed E-state index contributed by atoms with van der Waals surface area (Å²) < 4.78 is 0. The fraction of sp³-hybridized carbons (Fsp3) is 0.185. The van der Waals surface area contributed by atoms with Crippen LogP contribution in [0.15, 0.2) is 152 Å². The Labute approximate surface area is 330 Å². The number of hydrogen-bond donors (Lipinski definition) is 0. The van der Waals surface area contributed by atoms with E-state index in [9.17, 15) is 0 Å². The largest absolute Gasteiger partial charge is 0.366 e. The van der Waals surface area contributed by atoms with Crippen molar-refractivity contribution >= 4 is 44.3 Å². The number of nitrogens with zero attached hydrogens (tertiary/aromatic N) is 2. The first-order valence-electron chi connectivity index (χ1n) is 20.3. The Hall–Kier alpha value is -6.12. The lowest BCUT2D eigenvalue weighted by atomic mass is 9.81. The highest BCUT2D eigenvalue weighted by Crippen LogP contribution is 2.57. The Balaban J connectivity index is 1.24. The molecule has 1 heterocycles. The van der Waals surface area contributed by atoms with Gasteiger partial charge in [-0.2, -0.15) is 0 Å². The minimum atomic E-state index is -0.187. The molecule has 0 fully saturated rings. The second kappa shape index (κ2) is 11.9. The molecule has 0 aromatic heterocycles. The van der Waals surface area contributed by atoms with Gasteiger partial charge in [-0.1, -0.05) is 135 Å². The van der Waals surface area contributed by atoms with Gasteiger partial charge in [0, 0.05) is 45.5 Å². The first kappa shape index (κ1) is 33.2. The van der Waals surface area contributed by atoms with Crippen LogP contribution in [-0.2, 0) is 11.8 Å². The molecule has 11 rings (SSSR count). The number of fused-ring (bicyclic) bond motifs is 8. The summed E-state index contributed by atoms with van der Waals surface area (Å²) in [7, 11) is 0. The molecule has 0 spiro atoms. The molecule has 2 aliphatic carbocycles. The predicted molar refractivity (Wildman–Crippen MR) is 239 cm³/mol. The molecule has 0 bridgehead atoms. The summed E-state index contributed by atoms with van der Waals surface area (Å²) >= 11 is 0. The monoisotopic (exact) mass is 722 g/mol. The lowest BCUT2D eigenvalue weighted by Crippen LogP contribution is -2.44. The van der Waals surface area contributed by atoms with Crippen molar-refractivity contribution in [2.45, 2.75) is 58.4 Å². The lowest BCUT2D eigenvalue weighted by Gasteiger charge is -2.43. The molecule has 0 amide bonds. The van der Waals surface area contributed by atoms with E-state index in [1.54, 1.807) is 0 Å². The van der Waals surface area contributed by atoms with Gasteiger partial charge in [-0.05, 0) is 136 Å². The third kappa shape index (κ3) is 4.75. The summed E-state index contributed by atoms with van der Waals surface area (Å²) in [6, 6.07) is 57.5. The second-order valence-electron chi connectivity index (χ2n) is 17.6. The van der Waals surface area contributed by atoms with Crippen molar-refractivity contribution in [1.29, 1.82) is 0 Å². The average Bonchev–Trinajstić information content (AvgIpc) is 3.66. The van der Waals surface area contributed by atoms with E-state index in [-0.39, 0.29) is 11.0 Å². The van der Waals surface area contributed by atoms with Crippen molar-refractivity contribution in [2.24, 2.45) is 0 Å². The van der Waals surface area contributed by atoms with Crippen molar-refractivity contribution in [2.75, 3.05) is 16.3 Å². The van der Waals surface area contributed by atoms with Crippen molar-refractivity contribution in [3.8, 4) is 44.5 Å². The molecule has 1 aliphatic heterocycles. The van der Waals surface area contributed by atoms with Crippen LogP contribution in [0.4, 0.5) is 22.7 Å². The molecule has 2 nitrogen and oxygen atoms in total. The molecule has 56 heavy (non-hydrogen) atoms. The van der Waals surface area contributed by atoms with Gasteiger partial charge in [0.1, 0.15) is 0 Å². The molecule has 272 valence electrons. The number of hydrogen-bond acceptors (Lipinski definition) is 2. The van der Waals surface area contributed by atoms with E-state index in [0.29, 0.717) is 0 Å². The minimum absolute atomic E-state index is 0.0113. The van der Waals surface area contributed by atoms with Gasteiger partial charge in [-0.3, -0.25) is 0 Å². The van der Waals surface area contributed by atoms with Gasteiger partial charge in [0.15, 0.2) is 0 Å². The van der Waals surface area contributed by atoms with Crippen LogP contribution in [0.25, 0.3) is 66.1 Å². The standard InChI is InChI=1S/C54H46N2/c1-53(2,3)55-30-14-18-35-17-12-23-43(52(35)55)46-32-38(33-48-51(46)44-21-10-11-25-47(44)54(48,4)5)56(37-27-26-34-15-6-7-16-36(34)31-37)49-29-28-42-40-20-9-8-19-39(40)41-22-13-24-45(49)50(41)42/h6-13,15-17,19-29,31-33H,14,18,30H2,1-5H3. The zero-order valence-corrected chi connectivity index (χ0v) is 32.9. The fourth-order valence-corrected chi connectivity index (χ4v) is 10.4. The normalized spacial score (nSPS) is 14.8. The average molecular weight is 723 g/mol. The summed E-state index contributed by atoms with van der Waals surface area (Å²) in [6.07, 6.45) is 2.28. The Kier molecular flexibility index (Phi) is 7.09. The van der Waals surface area contributed by atoms with Crippen LogP contribution in [-0.4, -0.2) is 12.1 Å². The van der Waals surface area contributed by atoms with E-state index in [1.165, 1.54) is 106 Å². The van der Waals surface area contributed by atoms with E-state index in [1.807, 2.05) is 0 Å². The summed E-state index contributed by atoms with van der Waals surface area (Å²) in [5, 5.41) is 5.09. The quantitative estimate of drug-likeness (QED) is 0.178. The molecule has 3 aliphatic rings. The number of aryl methyl sites for hydroxylation is 1. The summed E-state index contributed by atoms with van der Waals surface area (Å²) in [5.74, 6) is 0. The van der Waals surface area contributed by atoms with E-state index in [0.717, 1.165) is 18.7 Å². The Morgan fingerprint density at radius 1 is 0.536 bits per heavy atom. The topological polar surface area (TPSA) is 6.48 Å². The first-order valence-corrected chi connectivity index (χ1v) is 20.3. The molecule has 0 radical (unpaired) electrons. The molecule has 0 atom stereocenters. The fourth-order valence-electron chi connectivity index (χ4n) is 10.4. The summed E-state index contributed by atoms with van der Waals surface area (Å²) in [4.78, 5) is 5.23. The molecule has 0 unspecified atom stereocenters. The minimum Gasteiger partial charge on any atom is -0.366 e. The number of anilines is 4. The van der Waals surface area contributed by atoms with Gasteiger partial charge in [-0.15, -0.1) is 0 Å². The van der Waals surface area contributed by atoms with Gasteiger partial charge in [0.2, 0.25) is 0 Å². The molecule has 8 aromatic carbocycles. The number of para-hydroxylation sites is 1. The molecule has 0 N–H and O–H groups in total. The van der Waals surface area contributed by atoms with Crippen LogP contribution in [0, 0.1) is 0 Å². The summed E-state index contributed by atoms with van der Waals surface area (Å²) in [5.41, 5.74) is 19.6. The van der Waals surface area contributed by atoms with Crippen LogP contribution in [0.3, 0.4) is 0 Å². The molecule has 0 saturated heterocycles. The van der Waals surface area contributed by atoms with Crippen LogP contribution >= 0.6 is 0 Å². The summed E-state index contributed by atoms with van der Waals surface area (Å²) in [6.45, 7) is 13.0. The van der Waals surface area contributed by atoms with Gasteiger partial charge in [-0.25, -0.2) is 0 Å². The van der Waals surface area contributed by atoms with Crippen LogP contribution < -0.4 is 9.80 Å². The zero-order chi connectivity index (χ0) is 37.9. The van der Waals surface area contributed by atoms with E-state index in [4.69, 9.17) is 0 Å². The van der Waals surface area contributed by atoms with Gasteiger partial charge in [0.05, 0.1) is 5.69 Å². The Morgan fingerprint density at radius 2 is 1.21 bits per heavy atom. The molecule has 2 heteroatoms. The van der Waals surface area contributed by atoms with Gasteiger partial charge in [0.25, 0.3) is 0 Å². The van der Waals surface area contributed by atoms with E-state index >= 15 is 0 Å². The van der Waals surface area contributed by atoms with Crippen LogP contribution in [0.1, 0.15) is 57.7 Å². The highest BCUT2D eigenvalue weighted by atomic mass is 15.2. The second-order valence-corrected chi connectivity index (χ2v) is 17.6. The molecule has 0 saturated carbocycles. The van der Waals surface area contributed by atoms with Crippen LogP contribution in [0.5, 0.6) is 0 Å². The van der Waals surface area contributed by atoms with Crippen molar-refractivity contribution < 1.29 is 0 Å². The maximum Gasteiger partial charge on any atom is 0.0540 e. The lowest BCUT2D eigenvalue weighted by molar-refractivity contribution is 0.484. The van der Waals surface area contributed by atoms with Crippen molar-refractivity contribution in [3.05, 3.63) is 168 Å². The Bertz CT molecular complexity index is 2890. The number of rotatable bonds is 4. The van der Waals surface area contributed by atoms with Gasteiger partial charge < -0.3 is 9.80 Å². The number of benzene rings is 8. The predicted octanol–water partition coefficient (Wildman–Crippen LogP) is 14.6. The highest BCUT2D eigenvalue weighted by Gasteiger charge is 2.39.